The predicted molar refractivity (Wildman–Crippen MR) is 104 cm³/mol. The number of benzene rings is 1. The molecule has 3 rings (SSSR count). The van der Waals surface area contributed by atoms with Crippen molar-refractivity contribution in [3.05, 3.63) is 41.7 Å². The van der Waals surface area contributed by atoms with Crippen LogP contribution in [0.5, 0.6) is 11.5 Å². The molecular formula is C20H23F3N4O4. The number of amides is 2. The second-order valence-corrected chi connectivity index (χ2v) is 7.13. The fourth-order valence-electron chi connectivity index (χ4n) is 3.28. The first kappa shape index (κ1) is 22.4. The highest BCUT2D eigenvalue weighted by atomic mass is 19.4. The van der Waals surface area contributed by atoms with Crippen molar-refractivity contribution in [3.63, 3.8) is 0 Å². The summed E-state index contributed by atoms with van der Waals surface area (Å²) in [6, 6.07) is 8.39. The molecule has 1 aliphatic rings. The van der Waals surface area contributed by atoms with Gasteiger partial charge in [-0.15, -0.1) is 0 Å². The first-order valence-electron chi connectivity index (χ1n) is 9.70. The number of likely N-dealkylation sites (tertiary alicyclic amines) is 1. The second kappa shape index (κ2) is 9.71. The lowest BCUT2D eigenvalue weighted by atomic mass is 9.93. The molecule has 2 N–H and O–H groups in total. The molecule has 0 radical (unpaired) electrons. The third-order valence-corrected chi connectivity index (χ3v) is 4.99. The fourth-order valence-corrected chi connectivity index (χ4v) is 3.28. The molecule has 0 aliphatic carbocycles. The predicted octanol–water partition coefficient (Wildman–Crippen LogP) is 2.50. The van der Waals surface area contributed by atoms with E-state index in [0.717, 1.165) is 0 Å². The Hall–Kier alpha value is -3.24. The molecular weight excluding hydrogens is 417 g/mol. The maximum absolute atomic E-state index is 12.4. The molecule has 1 aromatic heterocycles. The van der Waals surface area contributed by atoms with E-state index in [1.807, 2.05) is 0 Å². The molecule has 2 amide bonds. The van der Waals surface area contributed by atoms with Crippen molar-refractivity contribution < 1.29 is 32.2 Å². The van der Waals surface area contributed by atoms with Gasteiger partial charge in [0.05, 0.1) is 7.11 Å². The number of halogens is 3. The van der Waals surface area contributed by atoms with Gasteiger partial charge < -0.3 is 19.7 Å². The highest BCUT2D eigenvalue weighted by Gasteiger charge is 2.29. The van der Waals surface area contributed by atoms with E-state index in [2.05, 4.69) is 10.2 Å². The van der Waals surface area contributed by atoms with Crippen molar-refractivity contribution in [1.82, 2.24) is 20.4 Å². The van der Waals surface area contributed by atoms with Crippen LogP contribution in [0.3, 0.4) is 0 Å². The minimum atomic E-state index is -4.48. The summed E-state index contributed by atoms with van der Waals surface area (Å²) in [7, 11) is 1.57. The zero-order valence-corrected chi connectivity index (χ0v) is 16.9. The number of carbonyl (C=O) groups is 2. The molecule has 1 saturated heterocycles. The van der Waals surface area contributed by atoms with Crippen LogP contribution in [-0.4, -0.2) is 66.4 Å². The van der Waals surface area contributed by atoms with E-state index < -0.39 is 18.6 Å². The summed E-state index contributed by atoms with van der Waals surface area (Å²) in [6.45, 7) is -0.480. The standard InChI is InChI=1S/C20H23F3N4O4/c1-30-14-2-4-15(5-3-14)31-11-18(28)27-8-6-13(7-9-27)16-10-17(26-25-16)19(29)24-12-20(21,22)23/h2-5,10,13H,6-9,11-12H2,1H3,(H,24,29)(H,25,26). The van der Waals surface area contributed by atoms with Gasteiger partial charge in [-0.25, -0.2) is 0 Å². The number of hydrogen-bond acceptors (Lipinski definition) is 5. The van der Waals surface area contributed by atoms with Gasteiger partial charge in [-0.1, -0.05) is 0 Å². The quantitative estimate of drug-likeness (QED) is 0.690. The van der Waals surface area contributed by atoms with Gasteiger partial charge in [-0.3, -0.25) is 14.7 Å². The average Bonchev–Trinajstić information content (AvgIpc) is 3.26. The van der Waals surface area contributed by atoms with Crippen LogP contribution in [0.2, 0.25) is 0 Å². The Morgan fingerprint density at radius 2 is 1.84 bits per heavy atom. The normalized spacial score (nSPS) is 14.9. The van der Waals surface area contributed by atoms with E-state index in [0.29, 0.717) is 43.1 Å². The molecule has 11 heteroatoms. The van der Waals surface area contributed by atoms with E-state index in [9.17, 15) is 22.8 Å². The van der Waals surface area contributed by atoms with Crippen molar-refractivity contribution >= 4 is 11.8 Å². The topological polar surface area (TPSA) is 96.6 Å². The van der Waals surface area contributed by atoms with Crippen molar-refractivity contribution in [2.24, 2.45) is 0 Å². The zero-order chi connectivity index (χ0) is 22.4. The zero-order valence-electron chi connectivity index (χ0n) is 16.9. The summed E-state index contributed by atoms with van der Waals surface area (Å²) < 4.78 is 47.3. The van der Waals surface area contributed by atoms with Crippen LogP contribution in [0.25, 0.3) is 0 Å². The number of nitrogens with zero attached hydrogens (tertiary/aromatic N) is 2. The van der Waals surface area contributed by atoms with E-state index in [-0.39, 0.29) is 24.1 Å². The van der Waals surface area contributed by atoms with Gasteiger partial charge in [0.1, 0.15) is 23.7 Å². The number of alkyl halides is 3. The Balaban J connectivity index is 1.45. The number of nitrogens with one attached hydrogen (secondary N) is 2. The lowest BCUT2D eigenvalue weighted by Crippen LogP contribution is -2.40. The van der Waals surface area contributed by atoms with Crippen LogP contribution >= 0.6 is 0 Å². The largest absolute Gasteiger partial charge is 0.497 e. The maximum Gasteiger partial charge on any atom is 0.405 e. The highest BCUT2D eigenvalue weighted by Crippen LogP contribution is 2.27. The van der Waals surface area contributed by atoms with E-state index in [4.69, 9.17) is 9.47 Å². The Morgan fingerprint density at radius 3 is 2.45 bits per heavy atom. The summed E-state index contributed by atoms with van der Waals surface area (Å²) in [5, 5.41) is 8.32. The van der Waals surface area contributed by atoms with Crippen LogP contribution in [0.15, 0.2) is 30.3 Å². The minimum absolute atomic E-state index is 0.0308. The van der Waals surface area contributed by atoms with E-state index in [1.54, 1.807) is 41.6 Å². The number of hydrogen-bond donors (Lipinski definition) is 2. The number of piperidine rings is 1. The van der Waals surface area contributed by atoms with E-state index in [1.165, 1.54) is 6.07 Å². The van der Waals surface area contributed by atoms with Crippen molar-refractivity contribution in [3.8, 4) is 11.5 Å². The van der Waals surface area contributed by atoms with Crippen LogP contribution in [-0.2, 0) is 4.79 Å². The number of aromatic nitrogens is 2. The molecule has 0 unspecified atom stereocenters. The first-order valence-corrected chi connectivity index (χ1v) is 9.70. The molecule has 0 bridgehead atoms. The molecule has 1 fully saturated rings. The molecule has 1 aliphatic heterocycles. The van der Waals surface area contributed by atoms with E-state index >= 15 is 0 Å². The lowest BCUT2D eigenvalue weighted by Gasteiger charge is -2.31. The van der Waals surface area contributed by atoms with Gasteiger partial charge in [0.15, 0.2) is 6.61 Å². The van der Waals surface area contributed by atoms with Crippen LogP contribution in [0.4, 0.5) is 13.2 Å². The third kappa shape index (κ3) is 6.37. The fraction of sp³-hybridized carbons (Fsp3) is 0.450. The van der Waals surface area contributed by atoms with Crippen LogP contribution < -0.4 is 14.8 Å². The van der Waals surface area contributed by atoms with Gasteiger partial charge >= 0.3 is 6.18 Å². The molecule has 31 heavy (non-hydrogen) atoms. The second-order valence-electron chi connectivity index (χ2n) is 7.13. The highest BCUT2D eigenvalue weighted by molar-refractivity contribution is 5.92. The molecule has 0 atom stereocenters. The number of ether oxygens (including phenoxy) is 2. The third-order valence-electron chi connectivity index (χ3n) is 4.99. The molecule has 1 aromatic carbocycles. The van der Waals surface area contributed by atoms with Crippen molar-refractivity contribution in [1.29, 1.82) is 0 Å². The minimum Gasteiger partial charge on any atom is -0.497 e. The number of aromatic amines is 1. The Bertz CT molecular complexity index is 891. The van der Waals surface area contributed by atoms with Gasteiger partial charge in [-0.05, 0) is 43.2 Å². The maximum atomic E-state index is 12.4. The molecule has 168 valence electrons. The Kier molecular flexibility index (Phi) is 7.03. The Labute approximate surface area is 176 Å². The SMILES string of the molecule is COc1ccc(OCC(=O)N2CCC(c3cc(C(=O)NCC(F)(F)F)n[nH]3)CC2)cc1. The number of methoxy groups -OCH3 is 1. The smallest absolute Gasteiger partial charge is 0.405 e. The number of rotatable bonds is 7. The average molecular weight is 440 g/mol. The lowest BCUT2D eigenvalue weighted by molar-refractivity contribution is -0.134. The molecule has 0 spiro atoms. The van der Waals surface area contributed by atoms with Gasteiger partial charge in [0.2, 0.25) is 0 Å². The van der Waals surface area contributed by atoms with Gasteiger partial charge in [0, 0.05) is 24.7 Å². The molecule has 2 heterocycles. The number of H-pyrrole nitrogens is 1. The Morgan fingerprint density at radius 1 is 1.19 bits per heavy atom. The molecule has 8 nitrogen and oxygen atoms in total. The monoisotopic (exact) mass is 440 g/mol. The number of carbonyl (C=O) groups excluding carboxylic acids is 2. The first-order chi connectivity index (χ1) is 14.7. The van der Waals surface area contributed by atoms with Crippen LogP contribution in [0.1, 0.15) is 34.9 Å². The van der Waals surface area contributed by atoms with Crippen molar-refractivity contribution in [2.75, 3.05) is 33.4 Å². The van der Waals surface area contributed by atoms with Gasteiger partial charge in [-0.2, -0.15) is 18.3 Å². The molecule has 2 aromatic rings. The summed E-state index contributed by atoms with van der Waals surface area (Å²) in [6.07, 6.45) is -3.20. The summed E-state index contributed by atoms with van der Waals surface area (Å²) in [5.41, 5.74) is 0.574. The van der Waals surface area contributed by atoms with Crippen molar-refractivity contribution in [2.45, 2.75) is 24.9 Å². The van der Waals surface area contributed by atoms with Crippen LogP contribution in [0, 0.1) is 0 Å². The summed E-state index contributed by atoms with van der Waals surface area (Å²) in [5.74, 6) is 0.274. The summed E-state index contributed by atoms with van der Waals surface area (Å²) >= 11 is 0. The van der Waals surface area contributed by atoms with Gasteiger partial charge in [0.25, 0.3) is 11.8 Å². The summed E-state index contributed by atoms with van der Waals surface area (Å²) in [4.78, 5) is 25.9. The molecule has 0 saturated carbocycles.